The van der Waals surface area contributed by atoms with Gasteiger partial charge in [-0.25, -0.2) is 8.42 Å². The van der Waals surface area contributed by atoms with Crippen molar-refractivity contribution in [2.75, 3.05) is 11.4 Å². The van der Waals surface area contributed by atoms with Gasteiger partial charge >= 0.3 is 0 Å². The van der Waals surface area contributed by atoms with Crippen LogP contribution in [0.5, 0.6) is 5.75 Å². The monoisotopic (exact) mass is 534 g/mol. The van der Waals surface area contributed by atoms with Gasteiger partial charge in [-0.1, -0.05) is 60.7 Å². The molecule has 7 heteroatoms. The lowest BCUT2D eigenvalue weighted by Crippen LogP contribution is -2.31. The maximum atomic E-state index is 14.2. The maximum Gasteiger partial charge on any atom is 0.264 e. The van der Waals surface area contributed by atoms with E-state index in [1.807, 2.05) is 55.5 Å². The summed E-state index contributed by atoms with van der Waals surface area (Å²) in [6.45, 7) is 2.11. The van der Waals surface area contributed by atoms with E-state index in [9.17, 15) is 8.42 Å². The molecular formula is C30H31ClN2O3S. The summed E-state index contributed by atoms with van der Waals surface area (Å²) in [5.74, 6) is 0.971. The van der Waals surface area contributed by atoms with E-state index in [1.165, 1.54) is 23.6 Å². The second-order valence-corrected chi connectivity index (χ2v) is 12.0. The highest BCUT2D eigenvalue weighted by Crippen LogP contribution is 2.39. The molecule has 1 aliphatic rings. The first-order valence-corrected chi connectivity index (χ1v) is 14.5. The molecule has 0 unspecified atom stereocenters. The summed E-state index contributed by atoms with van der Waals surface area (Å²) in [7, 11) is -2.30. The highest BCUT2D eigenvalue weighted by Gasteiger charge is 2.29. The smallest absolute Gasteiger partial charge is 0.264 e. The number of ether oxygens (including phenoxy) is 1. The summed E-state index contributed by atoms with van der Waals surface area (Å²) >= 11 is 6.13. The molecule has 0 amide bonds. The fourth-order valence-electron chi connectivity index (χ4n) is 5.04. The van der Waals surface area contributed by atoms with Crippen LogP contribution in [0.25, 0.3) is 10.9 Å². The van der Waals surface area contributed by atoms with Crippen molar-refractivity contribution >= 4 is 38.2 Å². The zero-order chi connectivity index (χ0) is 26.0. The number of aromatic nitrogens is 1. The summed E-state index contributed by atoms with van der Waals surface area (Å²) in [4.78, 5) is 5.26. The predicted octanol–water partition coefficient (Wildman–Crippen LogP) is 7.65. The Hall–Kier alpha value is -3.09. The molecule has 0 saturated heterocycles. The molecule has 1 aliphatic carbocycles. The molecule has 0 aliphatic heterocycles. The van der Waals surface area contributed by atoms with Crippen LogP contribution in [0.3, 0.4) is 0 Å². The lowest BCUT2D eigenvalue weighted by atomic mass is 9.86. The Morgan fingerprint density at radius 1 is 0.946 bits per heavy atom. The van der Waals surface area contributed by atoms with Gasteiger partial charge in [-0.2, -0.15) is 0 Å². The van der Waals surface area contributed by atoms with Crippen molar-refractivity contribution in [3.05, 3.63) is 94.6 Å². The van der Waals surface area contributed by atoms with Gasteiger partial charge in [-0.3, -0.25) is 9.29 Å². The number of hydrogen-bond acceptors (Lipinski definition) is 4. The zero-order valence-corrected chi connectivity index (χ0v) is 22.7. The number of hydrogen-bond donors (Lipinski definition) is 0. The molecule has 0 atom stereocenters. The van der Waals surface area contributed by atoms with Gasteiger partial charge in [0, 0.05) is 22.0 Å². The molecule has 0 bridgehead atoms. The van der Waals surface area contributed by atoms with Gasteiger partial charge < -0.3 is 4.74 Å². The van der Waals surface area contributed by atoms with E-state index in [0.717, 1.165) is 40.6 Å². The minimum absolute atomic E-state index is 0.161. The minimum Gasteiger partial charge on any atom is -0.497 e. The summed E-state index contributed by atoms with van der Waals surface area (Å²) in [5, 5.41) is 1.35. The second-order valence-electron chi connectivity index (χ2n) is 9.74. The van der Waals surface area contributed by atoms with Crippen LogP contribution in [-0.4, -0.2) is 20.5 Å². The first-order valence-electron chi connectivity index (χ1n) is 12.7. The Kier molecular flexibility index (Phi) is 7.40. The molecule has 0 spiro atoms. The van der Waals surface area contributed by atoms with Crippen molar-refractivity contribution in [3.8, 4) is 5.75 Å². The average Bonchev–Trinajstić information content (AvgIpc) is 2.92. The fraction of sp³-hybridized carbons (Fsp3) is 0.300. The van der Waals surface area contributed by atoms with E-state index in [4.69, 9.17) is 21.3 Å². The Labute approximate surface area is 224 Å². The van der Waals surface area contributed by atoms with Crippen molar-refractivity contribution < 1.29 is 13.2 Å². The van der Waals surface area contributed by atoms with Crippen LogP contribution >= 0.6 is 11.6 Å². The van der Waals surface area contributed by atoms with Crippen LogP contribution in [0.15, 0.2) is 77.7 Å². The van der Waals surface area contributed by atoms with Gasteiger partial charge in [0.1, 0.15) is 5.75 Å². The number of benzene rings is 3. The van der Waals surface area contributed by atoms with Crippen LogP contribution < -0.4 is 9.04 Å². The Balaban J connectivity index is 1.73. The van der Waals surface area contributed by atoms with E-state index in [2.05, 4.69) is 0 Å². The summed E-state index contributed by atoms with van der Waals surface area (Å²) in [6.07, 6.45) is 5.70. The summed E-state index contributed by atoms with van der Waals surface area (Å²) in [5.41, 5.74) is 4.17. The van der Waals surface area contributed by atoms with Gasteiger partial charge in [0.25, 0.3) is 10.0 Å². The van der Waals surface area contributed by atoms with E-state index in [1.54, 1.807) is 31.4 Å². The molecule has 1 heterocycles. The van der Waals surface area contributed by atoms with Gasteiger partial charge in [-0.05, 0) is 73.9 Å². The summed E-state index contributed by atoms with van der Waals surface area (Å²) < 4.78 is 35.5. The normalized spacial score (nSPS) is 14.6. The predicted molar refractivity (Wildman–Crippen MR) is 150 cm³/mol. The number of nitrogens with zero attached hydrogens (tertiary/aromatic N) is 2. The third kappa shape index (κ3) is 5.46. The third-order valence-electron chi connectivity index (χ3n) is 7.15. The van der Waals surface area contributed by atoms with Crippen LogP contribution in [-0.2, 0) is 16.6 Å². The Morgan fingerprint density at radius 3 is 2.32 bits per heavy atom. The Morgan fingerprint density at radius 2 is 1.65 bits per heavy atom. The number of anilines is 1. The number of sulfonamides is 1. The highest BCUT2D eigenvalue weighted by atomic mass is 35.5. The van der Waals surface area contributed by atoms with Gasteiger partial charge in [-0.15, -0.1) is 0 Å². The maximum absolute atomic E-state index is 14.2. The lowest BCUT2D eigenvalue weighted by molar-refractivity contribution is 0.415. The fourth-order valence-corrected chi connectivity index (χ4v) is 6.63. The lowest BCUT2D eigenvalue weighted by Gasteiger charge is -2.28. The quantitative estimate of drug-likeness (QED) is 0.244. The van der Waals surface area contributed by atoms with Gasteiger partial charge in [0.2, 0.25) is 0 Å². The molecule has 4 aromatic rings. The minimum atomic E-state index is -3.91. The highest BCUT2D eigenvalue weighted by molar-refractivity contribution is 7.92. The van der Waals surface area contributed by atoms with E-state index in [-0.39, 0.29) is 11.4 Å². The molecule has 0 radical (unpaired) electrons. The van der Waals surface area contributed by atoms with Gasteiger partial charge in [0.05, 0.1) is 29.8 Å². The molecule has 0 N–H and O–H groups in total. The van der Waals surface area contributed by atoms with E-state index >= 15 is 0 Å². The van der Waals surface area contributed by atoms with Crippen molar-refractivity contribution in [2.45, 2.75) is 56.4 Å². The van der Waals surface area contributed by atoms with Crippen molar-refractivity contribution in [1.29, 1.82) is 0 Å². The molecule has 1 aromatic heterocycles. The Bertz CT molecular complexity index is 1500. The number of pyridine rings is 1. The zero-order valence-electron chi connectivity index (χ0n) is 21.2. The first-order chi connectivity index (χ1) is 17.8. The number of halogens is 1. The van der Waals surface area contributed by atoms with Crippen LogP contribution in [0, 0.1) is 6.92 Å². The average molecular weight is 535 g/mol. The first kappa shape index (κ1) is 25.6. The third-order valence-corrected chi connectivity index (χ3v) is 9.18. The number of fused-ring (bicyclic) bond motifs is 1. The number of rotatable bonds is 7. The molecule has 1 saturated carbocycles. The van der Waals surface area contributed by atoms with Gasteiger partial charge in [0.15, 0.2) is 0 Å². The van der Waals surface area contributed by atoms with E-state index in [0.29, 0.717) is 22.4 Å². The van der Waals surface area contributed by atoms with Crippen molar-refractivity contribution in [1.82, 2.24) is 4.98 Å². The molecule has 192 valence electrons. The molecule has 1 fully saturated rings. The summed E-state index contributed by atoms with van der Waals surface area (Å²) in [6, 6.07) is 22.0. The van der Waals surface area contributed by atoms with Crippen LogP contribution in [0.1, 0.15) is 54.8 Å². The molecule has 3 aromatic carbocycles. The largest absolute Gasteiger partial charge is 0.497 e. The topological polar surface area (TPSA) is 59.5 Å². The standard InChI is InChI=1S/C30H31ClN2O3S/c1-21-8-15-26(16-9-21)37(34,35)33(20-22-10-12-24(31)13-11-22)30-19-29(23-6-4-3-5-7-23)32-28-17-14-25(36-2)18-27(28)30/h8-19,23H,3-7,20H2,1-2H3. The molecule has 5 rings (SSSR count). The van der Waals surface area contributed by atoms with Crippen LogP contribution in [0.4, 0.5) is 5.69 Å². The number of aryl methyl sites for hydroxylation is 1. The van der Waals surface area contributed by atoms with Crippen molar-refractivity contribution in [3.63, 3.8) is 0 Å². The molecule has 5 nitrogen and oxygen atoms in total. The number of methoxy groups -OCH3 is 1. The van der Waals surface area contributed by atoms with Crippen LogP contribution in [0.2, 0.25) is 5.02 Å². The molecular weight excluding hydrogens is 504 g/mol. The SMILES string of the molecule is COc1ccc2nc(C3CCCCC3)cc(N(Cc3ccc(Cl)cc3)S(=O)(=O)c3ccc(C)cc3)c2c1. The second kappa shape index (κ2) is 10.7. The molecule has 37 heavy (non-hydrogen) atoms. The van der Waals surface area contributed by atoms with Crippen molar-refractivity contribution in [2.24, 2.45) is 0 Å². The van der Waals surface area contributed by atoms with E-state index < -0.39 is 10.0 Å².